The largest absolute Gasteiger partial charge is 0.481 e. The number of carboxylic acids is 1. The molecule has 2 rings (SSSR count). The summed E-state index contributed by atoms with van der Waals surface area (Å²) in [6.45, 7) is 0.452. The molecule has 21 heavy (non-hydrogen) atoms. The Hall–Kier alpha value is -1.86. The topological polar surface area (TPSA) is 75.1 Å². The van der Waals surface area contributed by atoms with Crippen molar-refractivity contribution in [2.24, 2.45) is 11.8 Å². The Morgan fingerprint density at radius 1 is 1.33 bits per heavy atom. The summed E-state index contributed by atoms with van der Waals surface area (Å²) in [5, 5.41) is 11.7. The molecule has 0 aromatic carbocycles. The quantitative estimate of drug-likeness (QED) is 0.894. The number of nitrogens with zero attached hydrogens (tertiary/aromatic N) is 2. The van der Waals surface area contributed by atoms with Crippen molar-refractivity contribution in [1.82, 2.24) is 9.97 Å². The molecule has 8 heteroatoms. The number of halogens is 3. The van der Waals surface area contributed by atoms with E-state index in [1.165, 1.54) is 0 Å². The van der Waals surface area contributed by atoms with Gasteiger partial charge in [-0.05, 0) is 37.7 Å². The van der Waals surface area contributed by atoms with E-state index in [1.807, 2.05) is 0 Å². The van der Waals surface area contributed by atoms with Crippen LogP contribution in [0.5, 0.6) is 0 Å². The van der Waals surface area contributed by atoms with Crippen LogP contribution in [-0.2, 0) is 11.0 Å². The van der Waals surface area contributed by atoms with Crippen molar-refractivity contribution in [1.29, 1.82) is 0 Å². The molecule has 1 heterocycles. The number of carboxylic acid groups (broad SMARTS) is 1. The predicted molar refractivity (Wildman–Crippen MR) is 68.6 cm³/mol. The van der Waals surface area contributed by atoms with E-state index < -0.39 is 17.8 Å². The van der Waals surface area contributed by atoms with Crippen LogP contribution in [-0.4, -0.2) is 27.6 Å². The number of aliphatic carboxylic acids is 1. The van der Waals surface area contributed by atoms with Gasteiger partial charge in [-0.1, -0.05) is 0 Å². The minimum absolute atomic E-state index is 0.0508. The number of alkyl halides is 3. The van der Waals surface area contributed by atoms with Gasteiger partial charge in [0.2, 0.25) is 5.95 Å². The first-order valence-electron chi connectivity index (χ1n) is 6.73. The minimum Gasteiger partial charge on any atom is -0.481 e. The molecular formula is C13H16F3N3O2. The molecule has 0 saturated heterocycles. The highest BCUT2D eigenvalue weighted by molar-refractivity contribution is 5.69. The van der Waals surface area contributed by atoms with Crippen LogP contribution in [0, 0.1) is 11.8 Å². The van der Waals surface area contributed by atoms with Crippen molar-refractivity contribution in [2.75, 3.05) is 11.9 Å². The van der Waals surface area contributed by atoms with Crippen LogP contribution >= 0.6 is 0 Å². The number of anilines is 1. The summed E-state index contributed by atoms with van der Waals surface area (Å²) in [5.41, 5.74) is -0.977. The molecule has 0 radical (unpaired) electrons. The lowest BCUT2D eigenvalue weighted by Crippen LogP contribution is -2.25. The first-order chi connectivity index (χ1) is 9.86. The Morgan fingerprint density at radius 2 is 2.00 bits per heavy atom. The molecule has 1 saturated carbocycles. The van der Waals surface area contributed by atoms with E-state index in [1.54, 1.807) is 0 Å². The van der Waals surface area contributed by atoms with Gasteiger partial charge in [0.1, 0.15) is 5.69 Å². The lowest BCUT2D eigenvalue weighted by atomic mass is 9.82. The van der Waals surface area contributed by atoms with Gasteiger partial charge in [0, 0.05) is 12.7 Å². The zero-order valence-corrected chi connectivity index (χ0v) is 11.2. The molecule has 0 bridgehead atoms. The summed E-state index contributed by atoms with van der Waals surface area (Å²) in [7, 11) is 0. The van der Waals surface area contributed by atoms with E-state index in [2.05, 4.69) is 15.3 Å². The van der Waals surface area contributed by atoms with Crippen molar-refractivity contribution in [3.63, 3.8) is 0 Å². The van der Waals surface area contributed by atoms with Gasteiger partial charge in [-0.25, -0.2) is 9.97 Å². The van der Waals surface area contributed by atoms with Crippen LogP contribution in [0.4, 0.5) is 19.1 Å². The fourth-order valence-corrected chi connectivity index (χ4v) is 2.45. The van der Waals surface area contributed by atoms with E-state index >= 15 is 0 Å². The molecule has 2 N–H and O–H groups in total. The first-order valence-corrected chi connectivity index (χ1v) is 6.73. The molecule has 1 aliphatic rings. The molecule has 1 aromatic rings. The fourth-order valence-electron chi connectivity index (χ4n) is 2.45. The highest BCUT2D eigenvalue weighted by Crippen LogP contribution is 2.30. The lowest BCUT2D eigenvalue weighted by molar-refractivity contribution is -0.143. The molecule has 1 aromatic heterocycles. The third-order valence-corrected chi connectivity index (χ3v) is 3.69. The van der Waals surface area contributed by atoms with Crippen LogP contribution in [0.2, 0.25) is 0 Å². The van der Waals surface area contributed by atoms with Crippen LogP contribution in [0.15, 0.2) is 12.3 Å². The molecule has 5 nitrogen and oxygen atoms in total. The molecule has 0 unspecified atom stereocenters. The average molecular weight is 303 g/mol. The SMILES string of the molecule is O=C(O)C1CCC(CNc2nccc(C(F)(F)F)n2)CC1. The van der Waals surface area contributed by atoms with Crippen molar-refractivity contribution in [2.45, 2.75) is 31.9 Å². The molecule has 0 spiro atoms. The molecule has 116 valence electrons. The number of carbonyl (C=O) groups is 1. The molecule has 0 atom stereocenters. The summed E-state index contributed by atoms with van der Waals surface area (Å²) >= 11 is 0. The van der Waals surface area contributed by atoms with Gasteiger partial charge in [-0.15, -0.1) is 0 Å². The van der Waals surface area contributed by atoms with E-state index in [4.69, 9.17) is 5.11 Å². The third kappa shape index (κ3) is 4.30. The number of hydrogen-bond acceptors (Lipinski definition) is 4. The molecule has 0 amide bonds. The second kappa shape index (κ2) is 6.28. The van der Waals surface area contributed by atoms with E-state index in [-0.39, 0.29) is 17.8 Å². The van der Waals surface area contributed by atoms with Gasteiger partial charge in [0.05, 0.1) is 5.92 Å². The van der Waals surface area contributed by atoms with Crippen molar-refractivity contribution in [3.05, 3.63) is 18.0 Å². The van der Waals surface area contributed by atoms with Crippen molar-refractivity contribution >= 4 is 11.9 Å². The number of hydrogen-bond donors (Lipinski definition) is 2. The Balaban J connectivity index is 1.85. The van der Waals surface area contributed by atoms with Gasteiger partial charge in [0.25, 0.3) is 0 Å². The zero-order chi connectivity index (χ0) is 15.5. The predicted octanol–water partition coefficient (Wildman–Crippen LogP) is 2.80. The van der Waals surface area contributed by atoms with Crippen LogP contribution < -0.4 is 5.32 Å². The van der Waals surface area contributed by atoms with E-state index in [0.29, 0.717) is 19.4 Å². The van der Waals surface area contributed by atoms with Crippen LogP contribution in [0.1, 0.15) is 31.4 Å². The Kier molecular flexibility index (Phi) is 4.64. The van der Waals surface area contributed by atoms with Crippen LogP contribution in [0.3, 0.4) is 0 Å². The lowest BCUT2D eigenvalue weighted by Gasteiger charge is -2.26. The van der Waals surface area contributed by atoms with Gasteiger partial charge >= 0.3 is 12.1 Å². The summed E-state index contributed by atoms with van der Waals surface area (Å²) in [5.74, 6) is -0.891. The van der Waals surface area contributed by atoms with Gasteiger partial charge in [-0.3, -0.25) is 4.79 Å². The molecular weight excluding hydrogens is 287 g/mol. The number of nitrogens with one attached hydrogen (secondary N) is 1. The maximum Gasteiger partial charge on any atom is 0.433 e. The normalized spacial score (nSPS) is 22.8. The van der Waals surface area contributed by atoms with Crippen molar-refractivity contribution in [3.8, 4) is 0 Å². The van der Waals surface area contributed by atoms with Gasteiger partial charge < -0.3 is 10.4 Å². The molecule has 1 aliphatic carbocycles. The Labute approximate surface area is 119 Å². The highest BCUT2D eigenvalue weighted by atomic mass is 19.4. The minimum atomic E-state index is -4.49. The summed E-state index contributed by atoms with van der Waals surface area (Å²) < 4.78 is 37.5. The van der Waals surface area contributed by atoms with E-state index in [9.17, 15) is 18.0 Å². The standard InChI is InChI=1S/C13H16F3N3O2/c14-13(15,16)10-5-6-17-12(19-10)18-7-8-1-3-9(4-2-8)11(20)21/h5-6,8-9H,1-4,7H2,(H,20,21)(H,17,18,19). The monoisotopic (exact) mass is 303 g/mol. The zero-order valence-electron chi connectivity index (χ0n) is 11.2. The maximum atomic E-state index is 12.5. The number of aromatic nitrogens is 2. The fraction of sp³-hybridized carbons (Fsp3) is 0.615. The second-order valence-electron chi connectivity index (χ2n) is 5.20. The smallest absolute Gasteiger partial charge is 0.433 e. The van der Waals surface area contributed by atoms with Crippen molar-refractivity contribution < 1.29 is 23.1 Å². The summed E-state index contributed by atoms with van der Waals surface area (Å²) in [6.07, 6.45) is -0.736. The highest BCUT2D eigenvalue weighted by Gasteiger charge is 2.33. The molecule has 1 fully saturated rings. The number of rotatable bonds is 4. The van der Waals surface area contributed by atoms with Crippen LogP contribution in [0.25, 0.3) is 0 Å². The summed E-state index contributed by atoms with van der Waals surface area (Å²) in [4.78, 5) is 18.0. The molecule has 0 aliphatic heterocycles. The van der Waals surface area contributed by atoms with Gasteiger partial charge in [-0.2, -0.15) is 13.2 Å². The van der Waals surface area contributed by atoms with Gasteiger partial charge in [0.15, 0.2) is 0 Å². The third-order valence-electron chi connectivity index (χ3n) is 3.69. The Morgan fingerprint density at radius 3 is 2.57 bits per heavy atom. The first kappa shape index (κ1) is 15.5. The Bertz CT molecular complexity index is 500. The second-order valence-corrected chi connectivity index (χ2v) is 5.20. The summed E-state index contributed by atoms with van der Waals surface area (Å²) in [6, 6.07) is 0.823. The van der Waals surface area contributed by atoms with E-state index in [0.717, 1.165) is 25.1 Å². The average Bonchev–Trinajstić information content (AvgIpc) is 2.45. The maximum absolute atomic E-state index is 12.5.